The van der Waals surface area contributed by atoms with Crippen LogP contribution in [-0.4, -0.2) is 31.4 Å². The molecule has 0 fully saturated rings. The molecule has 0 aliphatic heterocycles. The van der Waals surface area contributed by atoms with Crippen LogP contribution >= 0.6 is 11.6 Å². The highest BCUT2D eigenvalue weighted by atomic mass is 35.5. The fourth-order valence-electron chi connectivity index (χ4n) is 2.57. The Balaban J connectivity index is 1.96. The summed E-state index contributed by atoms with van der Waals surface area (Å²) in [6, 6.07) is 9.45. The molecule has 1 N–H and O–H groups in total. The van der Waals surface area contributed by atoms with Gasteiger partial charge in [0.05, 0.1) is 12.1 Å². The third-order valence-electron chi connectivity index (χ3n) is 3.83. The van der Waals surface area contributed by atoms with Crippen LogP contribution in [0.15, 0.2) is 30.3 Å². The molecule has 2 rings (SSSR count). The summed E-state index contributed by atoms with van der Waals surface area (Å²) in [6.45, 7) is 4.70. The van der Waals surface area contributed by atoms with Gasteiger partial charge < -0.3 is 19.3 Å². The van der Waals surface area contributed by atoms with E-state index in [1.807, 2.05) is 26.0 Å². The fraction of sp³-hybridized carbons (Fsp3) is 0.350. The Morgan fingerprint density at radius 3 is 2.46 bits per heavy atom. The van der Waals surface area contributed by atoms with Gasteiger partial charge in [-0.3, -0.25) is 4.79 Å². The molecular formula is C20H23ClO5. The molecule has 5 nitrogen and oxygen atoms in total. The summed E-state index contributed by atoms with van der Waals surface area (Å²) >= 11 is 6.27. The largest absolute Gasteiger partial charge is 0.493 e. The highest BCUT2D eigenvalue weighted by Crippen LogP contribution is 2.36. The van der Waals surface area contributed by atoms with E-state index in [2.05, 4.69) is 6.07 Å². The Hall–Kier alpha value is -2.40. The Kier molecular flexibility index (Phi) is 7.16. The van der Waals surface area contributed by atoms with Crippen LogP contribution in [-0.2, 0) is 11.2 Å². The minimum Gasteiger partial charge on any atom is -0.493 e. The molecular weight excluding hydrogens is 356 g/mol. The molecule has 0 radical (unpaired) electrons. The minimum absolute atomic E-state index is 0.0312. The first-order valence-corrected chi connectivity index (χ1v) is 8.69. The first-order valence-electron chi connectivity index (χ1n) is 8.31. The standard InChI is InChI=1S/C20H23ClO5/c1-13-4-6-17(14(2)10-13)25-8-9-26-20-16(21)11-15(5-7-19(22)23)12-18(20)24-3/h4,6,10-12H,5,7-9H2,1-3H3,(H,22,23). The van der Waals surface area contributed by atoms with Gasteiger partial charge in [0.2, 0.25) is 0 Å². The molecule has 26 heavy (non-hydrogen) atoms. The molecule has 140 valence electrons. The van der Waals surface area contributed by atoms with E-state index in [1.165, 1.54) is 12.7 Å². The van der Waals surface area contributed by atoms with E-state index in [0.29, 0.717) is 36.2 Å². The SMILES string of the molecule is COc1cc(CCC(=O)O)cc(Cl)c1OCCOc1ccc(C)cc1C. The molecule has 0 bridgehead atoms. The summed E-state index contributed by atoms with van der Waals surface area (Å²) in [5.74, 6) is 0.868. The molecule has 0 saturated heterocycles. The Bertz CT molecular complexity index is 773. The molecule has 0 aliphatic rings. The van der Waals surface area contributed by atoms with Crippen LogP contribution in [0.25, 0.3) is 0 Å². The summed E-state index contributed by atoms with van der Waals surface area (Å²) in [5.41, 5.74) is 3.04. The zero-order valence-corrected chi connectivity index (χ0v) is 15.9. The van der Waals surface area contributed by atoms with E-state index in [1.54, 1.807) is 12.1 Å². The van der Waals surface area contributed by atoms with E-state index >= 15 is 0 Å². The molecule has 0 heterocycles. The summed E-state index contributed by atoms with van der Waals surface area (Å²) in [7, 11) is 1.52. The highest BCUT2D eigenvalue weighted by Gasteiger charge is 2.13. The van der Waals surface area contributed by atoms with Crippen molar-refractivity contribution in [3.05, 3.63) is 52.0 Å². The first kappa shape index (κ1) is 19.9. The second-order valence-electron chi connectivity index (χ2n) is 5.97. The number of aliphatic carboxylic acids is 1. The lowest BCUT2D eigenvalue weighted by atomic mass is 10.1. The van der Waals surface area contributed by atoms with Gasteiger partial charge in [0, 0.05) is 6.42 Å². The number of benzene rings is 2. The Labute approximate surface area is 158 Å². The van der Waals surface area contributed by atoms with Crippen LogP contribution in [0.3, 0.4) is 0 Å². The number of rotatable bonds is 9. The number of carbonyl (C=O) groups is 1. The van der Waals surface area contributed by atoms with E-state index in [9.17, 15) is 4.79 Å². The van der Waals surface area contributed by atoms with Gasteiger partial charge >= 0.3 is 5.97 Å². The van der Waals surface area contributed by atoms with Gasteiger partial charge in [-0.1, -0.05) is 29.3 Å². The van der Waals surface area contributed by atoms with Gasteiger partial charge in [0.15, 0.2) is 11.5 Å². The fourth-order valence-corrected chi connectivity index (χ4v) is 2.85. The molecule has 2 aromatic rings. The number of hydrogen-bond acceptors (Lipinski definition) is 4. The molecule has 0 aromatic heterocycles. The van der Waals surface area contributed by atoms with E-state index in [-0.39, 0.29) is 6.42 Å². The summed E-state index contributed by atoms with van der Waals surface area (Å²) in [5, 5.41) is 9.18. The molecule has 2 aromatic carbocycles. The van der Waals surface area contributed by atoms with Crippen molar-refractivity contribution in [1.29, 1.82) is 0 Å². The third kappa shape index (κ3) is 5.56. The zero-order valence-electron chi connectivity index (χ0n) is 15.2. The monoisotopic (exact) mass is 378 g/mol. The van der Waals surface area contributed by atoms with Gasteiger partial charge in [0.25, 0.3) is 0 Å². The Morgan fingerprint density at radius 2 is 1.81 bits per heavy atom. The average Bonchev–Trinajstić information content (AvgIpc) is 2.59. The summed E-state index contributed by atoms with van der Waals surface area (Å²) in [4.78, 5) is 10.7. The van der Waals surface area contributed by atoms with Gasteiger partial charge in [-0.2, -0.15) is 0 Å². The Morgan fingerprint density at radius 1 is 1.08 bits per heavy atom. The molecule has 0 aliphatic carbocycles. The second-order valence-corrected chi connectivity index (χ2v) is 6.38. The minimum atomic E-state index is -0.857. The number of carboxylic acids is 1. The molecule has 0 unspecified atom stereocenters. The topological polar surface area (TPSA) is 65.0 Å². The summed E-state index contributed by atoms with van der Waals surface area (Å²) < 4.78 is 16.8. The van der Waals surface area contributed by atoms with Crippen molar-refractivity contribution in [2.75, 3.05) is 20.3 Å². The van der Waals surface area contributed by atoms with E-state index in [0.717, 1.165) is 16.9 Å². The van der Waals surface area contributed by atoms with Crippen molar-refractivity contribution in [1.82, 2.24) is 0 Å². The second kappa shape index (κ2) is 9.34. The molecule has 0 spiro atoms. The van der Waals surface area contributed by atoms with Crippen molar-refractivity contribution < 1.29 is 24.1 Å². The van der Waals surface area contributed by atoms with Crippen LogP contribution in [0.2, 0.25) is 5.02 Å². The number of halogens is 1. The van der Waals surface area contributed by atoms with Crippen LogP contribution in [0, 0.1) is 13.8 Å². The lowest BCUT2D eigenvalue weighted by Gasteiger charge is -2.15. The number of carboxylic acid groups (broad SMARTS) is 1. The average molecular weight is 379 g/mol. The number of methoxy groups -OCH3 is 1. The predicted molar refractivity (Wildman–Crippen MR) is 101 cm³/mol. The lowest BCUT2D eigenvalue weighted by Crippen LogP contribution is -2.10. The maximum absolute atomic E-state index is 10.7. The van der Waals surface area contributed by atoms with Crippen LogP contribution in [0.5, 0.6) is 17.2 Å². The van der Waals surface area contributed by atoms with Crippen molar-refractivity contribution in [2.24, 2.45) is 0 Å². The quantitative estimate of drug-likeness (QED) is 0.653. The van der Waals surface area contributed by atoms with Crippen LogP contribution in [0.4, 0.5) is 0 Å². The highest BCUT2D eigenvalue weighted by molar-refractivity contribution is 6.32. The van der Waals surface area contributed by atoms with Gasteiger partial charge in [0.1, 0.15) is 19.0 Å². The third-order valence-corrected chi connectivity index (χ3v) is 4.12. The maximum Gasteiger partial charge on any atom is 0.303 e. The molecule has 0 saturated carbocycles. The van der Waals surface area contributed by atoms with Crippen molar-refractivity contribution >= 4 is 17.6 Å². The first-order chi connectivity index (χ1) is 12.4. The van der Waals surface area contributed by atoms with E-state index in [4.69, 9.17) is 30.9 Å². The maximum atomic E-state index is 10.7. The van der Waals surface area contributed by atoms with Gasteiger partial charge in [-0.05, 0) is 49.6 Å². The number of hydrogen-bond donors (Lipinski definition) is 1. The molecule has 6 heteroatoms. The lowest BCUT2D eigenvalue weighted by molar-refractivity contribution is -0.136. The van der Waals surface area contributed by atoms with Crippen molar-refractivity contribution in [3.8, 4) is 17.2 Å². The van der Waals surface area contributed by atoms with Gasteiger partial charge in [-0.25, -0.2) is 0 Å². The van der Waals surface area contributed by atoms with Crippen LogP contribution < -0.4 is 14.2 Å². The van der Waals surface area contributed by atoms with E-state index < -0.39 is 5.97 Å². The smallest absolute Gasteiger partial charge is 0.303 e. The van der Waals surface area contributed by atoms with Crippen molar-refractivity contribution in [3.63, 3.8) is 0 Å². The van der Waals surface area contributed by atoms with Crippen molar-refractivity contribution in [2.45, 2.75) is 26.7 Å². The molecule has 0 atom stereocenters. The predicted octanol–water partition coefficient (Wildman–Crippen LogP) is 4.44. The summed E-state index contributed by atoms with van der Waals surface area (Å²) in [6.07, 6.45) is 0.408. The normalized spacial score (nSPS) is 10.5. The zero-order chi connectivity index (χ0) is 19.1. The molecule has 0 amide bonds. The van der Waals surface area contributed by atoms with Crippen LogP contribution in [0.1, 0.15) is 23.1 Å². The number of aryl methyl sites for hydroxylation is 3. The number of ether oxygens (including phenoxy) is 3. The van der Waals surface area contributed by atoms with Gasteiger partial charge in [-0.15, -0.1) is 0 Å².